The number of carbonyl (C=O) groups excluding carboxylic acids is 1. The van der Waals surface area contributed by atoms with Crippen molar-refractivity contribution in [1.29, 1.82) is 0 Å². The molecule has 5 heteroatoms. The number of hydrogen-bond donors (Lipinski definition) is 0. The Kier molecular flexibility index (Phi) is 3.76. The summed E-state index contributed by atoms with van der Waals surface area (Å²) in [6.45, 7) is 0. The van der Waals surface area contributed by atoms with Crippen molar-refractivity contribution in [3.63, 3.8) is 0 Å². The zero-order valence-corrected chi connectivity index (χ0v) is 11.2. The molecule has 4 nitrogen and oxygen atoms in total. The molecule has 0 spiro atoms. The van der Waals surface area contributed by atoms with Gasteiger partial charge in [-0.3, -0.25) is 4.79 Å². The summed E-state index contributed by atoms with van der Waals surface area (Å²) in [4.78, 5) is 13.7. The fraction of sp³-hybridized carbons (Fsp3) is 0.917. The van der Waals surface area contributed by atoms with Crippen molar-refractivity contribution in [2.45, 2.75) is 44.6 Å². The molecule has 0 radical (unpaired) electrons. The van der Waals surface area contributed by atoms with Gasteiger partial charge in [-0.15, -0.1) is 0 Å². The van der Waals surface area contributed by atoms with Gasteiger partial charge < -0.3 is 4.90 Å². The fourth-order valence-corrected chi connectivity index (χ4v) is 4.66. The van der Waals surface area contributed by atoms with Crippen molar-refractivity contribution < 1.29 is 13.2 Å². The standard InChI is InChI=1S/C12H21NO3S/c1-13(11-6-7-17(15,16)9-11)12(14)8-10-4-2-3-5-10/h10-11H,2-9H2,1H3. The van der Waals surface area contributed by atoms with Crippen LogP contribution in [0, 0.1) is 5.92 Å². The number of hydrogen-bond acceptors (Lipinski definition) is 3. The van der Waals surface area contributed by atoms with Gasteiger partial charge in [-0.1, -0.05) is 12.8 Å². The first-order valence-corrected chi connectivity index (χ1v) is 8.26. The molecule has 2 aliphatic rings. The Morgan fingerprint density at radius 3 is 2.41 bits per heavy atom. The van der Waals surface area contributed by atoms with Crippen LogP contribution in [0.2, 0.25) is 0 Å². The first-order valence-electron chi connectivity index (χ1n) is 6.44. The Balaban J connectivity index is 1.86. The average molecular weight is 259 g/mol. The summed E-state index contributed by atoms with van der Waals surface area (Å²) in [7, 11) is -1.14. The molecule has 1 saturated carbocycles. The second-order valence-corrected chi connectivity index (χ2v) is 7.64. The van der Waals surface area contributed by atoms with E-state index in [1.807, 2.05) is 0 Å². The maximum Gasteiger partial charge on any atom is 0.222 e. The van der Waals surface area contributed by atoms with Crippen molar-refractivity contribution >= 4 is 15.7 Å². The lowest BCUT2D eigenvalue weighted by Crippen LogP contribution is -2.38. The molecule has 0 bridgehead atoms. The van der Waals surface area contributed by atoms with Crippen LogP contribution in [0.1, 0.15) is 38.5 Å². The molecule has 1 atom stereocenters. The quantitative estimate of drug-likeness (QED) is 0.765. The summed E-state index contributed by atoms with van der Waals surface area (Å²) in [5.41, 5.74) is 0. The Morgan fingerprint density at radius 1 is 1.24 bits per heavy atom. The van der Waals surface area contributed by atoms with Crippen molar-refractivity contribution in [3.05, 3.63) is 0 Å². The summed E-state index contributed by atoms with van der Waals surface area (Å²) >= 11 is 0. The van der Waals surface area contributed by atoms with Crippen LogP contribution in [-0.4, -0.2) is 43.8 Å². The largest absolute Gasteiger partial charge is 0.342 e. The van der Waals surface area contributed by atoms with Crippen molar-refractivity contribution in [2.75, 3.05) is 18.6 Å². The Labute approximate surface area is 103 Å². The van der Waals surface area contributed by atoms with Crippen LogP contribution in [0.15, 0.2) is 0 Å². The van der Waals surface area contributed by atoms with Gasteiger partial charge >= 0.3 is 0 Å². The van der Waals surface area contributed by atoms with Gasteiger partial charge in [0.25, 0.3) is 0 Å². The van der Waals surface area contributed by atoms with Gasteiger partial charge in [-0.25, -0.2) is 8.42 Å². The highest BCUT2D eigenvalue weighted by Crippen LogP contribution is 2.28. The van der Waals surface area contributed by atoms with E-state index in [0.29, 0.717) is 18.8 Å². The SMILES string of the molecule is CN(C(=O)CC1CCCC1)C1CCS(=O)(=O)C1. The third-order valence-electron chi connectivity index (χ3n) is 4.09. The third-order valence-corrected chi connectivity index (χ3v) is 5.84. The van der Waals surface area contributed by atoms with E-state index < -0.39 is 9.84 Å². The molecule has 17 heavy (non-hydrogen) atoms. The zero-order chi connectivity index (χ0) is 12.5. The number of amides is 1. The molecule has 2 fully saturated rings. The fourth-order valence-electron chi connectivity index (χ4n) is 2.89. The molecule has 1 aliphatic heterocycles. The molecule has 0 aromatic rings. The molecule has 0 aromatic heterocycles. The van der Waals surface area contributed by atoms with Crippen molar-refractivity contribution in [1.82, 2.24) is 4.90 Å². The van der Waals surface area contributed by atoms with Gasteiger partial charge in [0, 0.05) is 19.5 Å². The highest BCUT2D eigenvalue weighted by atomic mass is 32.2. The van der Waals surface area contributed by atoms with Gasteiger partial charge in [-0.2, -0.15) is 0 Å². The van der Waals surface area contributed by atoms with Gasteiger partial charge in [0.1, 0.15) is 0 Å². The lowest BCUT2D eigenvalue weighted by Gasteiger charge is -2.24. The highest BCUT2D eigenvalue weighted by Gasteiger charge is 2.33. The Bertz CT molecular complexity index is 385. The number of sulfone groups is 1. The molecule has 1 unspecified atom stereocenters. The molecule has 0 N–H and O–H groups in total. The zero-order valence-electron chi connectivity index (χ0n) is 10.4. The second kappa shape index (κ2) is 4.96. The minimum Gasteiger partial charge on any atom is -0.342 e. The minimum absolute atomic E-state index is 0.0890. The van der Waals surface area contributed by atoms with Gasteiger partial charge in [0.05, 0.1) is 11.5 Å². The highest BCUT2D eigenvalue weighted by molar-refractivity contribution is 7.91. The van der Waals surface area contributed by atoms with E-state index in [1.165, 1.54) is 12.8 Å². The average Bonchev–Trinajstić information content (AvgIpc) is 2.86. The van der Waals surface area contributed by atoms with Crippen LogP contribution in [0.4, 0.5) is 0 Å². The minimum atomic E-state index is -2.90. The molecular weight excluding hydrogens is 238 g/mol. The van der Waals surface area contributed by atoms with Crippen LogP contribution >= 0.6 is 0 Å². The van der Waals surface area contributed by atoms with Gasteiger partial charge in [0.15, 0.2) is 9.84 Å². The molecule has 2 rings (SSSR count). The molecule has 1 saturated heterocycles. The molecular formula is C12H21NO3S. The molecule has 0 aromatic carbocycles. The maximum absolute atomic E-state index is 12.0. The van der Waals surface area contributed by atoms with E-state index in [9.17, 15) is 13.2 Å². The summed E-state index contributed by atoms with van der Waals surface area (Å²) < 4.78 is 22.7. The first kappa shape index (κ1) is 12.9. The van der Waals surface area contributed by atoms with Gasteiger partial charge in [-0.05, 0) is 25.2 Å². The molecule has 1 aliphatic carbocycles. The van der Waals surface area contributed by atoms with Crippen LogP contribution in [0.5, 0.6) is 0 Å². The van der Waals surface area contributed by atoms with Crippen LogP contribution in [-0.2, 0) is 14.6 Å². The van der Waals surface area contributed by atoms with E-state index >= 15 is 0 Å². The second-order valence-electron chi connectivity index (χ2n) is 5.42. The van der Waals surface area contributed by atoms with Crippen molar-refractivity contribution in [3.8, 4) is 0 Å². The summed E-state index contributed by atoms with van der Waals surface area (Å²) in [5.74, 6) is 1.04. The predicted molar refractivity (Wildman–Crippen MR) is 66.4 cm³/mol. The van der Waals surface area contributed by atoms with Crippen LogP contribution < -0.4 is 0 Å². The summed E-state index contributed by atoms with van der Waals surface area (Å²) in [5, 5.41) is 0. The molecule has 1 heterocycles. The van der Waals surface area contributed by atoms with Crippen molar-refractivity contribution in [2.24, 2.45) is 5.92 Å². The predicted octanol–water partition coefficient (Wildman–Crippen LogP) is 1.21. The Morgan fingerprint density at radius 2 is 1.88 bits per heavy atom. The lowest BCUT2D eigenvalue weighted by atomic mass is 10.0. The summed E-state index contributed by atoms with van der Waals surface area (Å²) in [6, 6.07) is -0.0890. The lowest BCUT2D eigenvalue weighted by molar-refractivity contribution is -0.132. The maximum atomic E-state index is 12.0. The molecule has 98 valence electrons. The first-order chi connectivity index (χ1) is 7.98. The van der Waals surface area contributed by atoms with E-state index in [-0.39, 0.29) is 23.5 Å². The number of carbonyl (C=O) groups is 1. The van der Waals surface area contributed by atoms with Gasteiger partial charge in [0.2, 0.25) is 5.91 Å². The van der Waals surface area contributed by atoms with E-state index in [4.69, 9.17) is 0 Å². The normalized spacial score (nSPS) is 28.4. The van der Waals surface area contributed by atoms with Crippen LogP contribution in [0.25, 0.3) is 0 Å². The topological polar surface area (TPSA) is 54.5 Å². The van der Waals surface area contributed by atoms with E-state index in [2.05, 4.69) is 0 Å². The number of nitrogens with zero attached hydrogens (tertiary/aromatic N) is 1. The van der Waals surface area contributed by atoms with E-state index in [1.54, 1.807) is 11.9 Å². The smallest absolute Gasteiger partial charge is 0.222 e. The summed E-state index contributed by atoms with van der Waals surface area (Å²) in [6.07, 6.45) is 5.99. The molecule has 1 amide bonds. The van der Waals surface area contributed by atoms with E-state index in [0.717, 1.165) is 12.8 Å². The van der Waals surface area contributed by atoms with Crippen LogP contribution in [0.3, 0.4) is 0 Å². The number of rotatable bonds is 3. The third kappa shape index (κ3) is 3.21. The Hall–Kier alpha value is -0.580. The monoisotopic (exact) mass is 259 g/mol.